The van der Waals surface area contributed by atoms with Crippen molar-refractivity contribution in [3.63, 3.8) is 0 Å². The summed E-state index contributed by atoms with van der Waals surface area (Å²) in [6.45, 7) is 0. The fourth-order valence-corrected chi connectivity index (χ4v) is 1.46. The Kier molecular flexibility index (Phi) is 5.91. The van der Waals surface area contributed by atoms with E-state index in [1.54, 1.807) is 0 Å². The number of alkyl halides is 3. The number of hydrogen-bond acceptors (Lipinski definition) is 7. The van der Waals surface area contributed by atoms with E-state index in [0.717, 1.165) is 0 Å². The summed E-state index contributed by atoms with van der Waals surface area (Å²) in [5, 5.41) is 0.859. The molecule has 1 heterocycles. The van der Waals surface area contributed by atoms with Crippen molar-refractivity contribution in [3.8, 4) is 0 Å². The fourth-order valence-electron chi connectivity index (χ4n) is 1.17. The molecule has 0 atom stereocenters. The van der Waals surface area contributed by atoms with Gasteiger partial charge in [0.15, 0.2) is 3.79 Å². The predicted octanol–water partition coefficient (Wildman–Crippen LogP) is -0.308. The number of hydrogen-bond donors (Lipinski definition) is 4. The summed E-state index contributed by atoms with van der Waals surface area (Å²) in [5.74, 6) is 10.1. The van der Waals surface area contributed by atoms with Gasteiger partial charge in [0, 0.05) is 12.8 Å². The minimum atomic E-state index is -1.55. The quantitative estimate of drug-likeness (QED) is 0.242. The van der Waals surface area contributed by atoms with Crippen LogP contribution in [0.1, 0.15) is 12.2 Å². The number of nitrogens with two attached hydrogens (primary N) is 4. The highest BCUT2D eigenvalue weighted by Crippen LogP contribution is 2.31. The molecule has 0 aliphatic heterocycles. The molecule has 1 aromatic heterocycles. The third-order valence-electron chi connectivity index (χ3n) is 2.20. The Morgan fingerprint density at radius 1 is 0.955 bits per heavy atom. The number of amides is 4. The number of carbonyl (C=O) groups is 2. The highest BCUT2D eigenvalue weighted by Gasteiger charge is 2.23. The van der Waals surface area contributed by atoms with E-state index >= 15 is 0 Å². The van der Waals surface area contributed by atoms with Crippen LogP contribution in [0.15, 0.2) is 0 Å². The smallest absolute Gasteiger partial charge is 0.336 e. The van der Waals surface area contributed by atoms with Crippen LogP contribution in [0.5, 0.6) is 0 Å². The normalized spacial score (nSPS) is 11.1. The van der Waals surface area contributed by atoms with E-state index in [1.165, 1.54) is 0 Å². The molecule has 0 spiro atoms. The van der Waals surface area contributed by atoms with Crippen LogP contribution in [0.3, 0.4) is 0 Å². The maximum Gasteiger partial charge on any atom is 0.336 e. The van der Waals surface area contributed by atoms with Crippen LogP contribution in [0.25, 0.3) is 0 Å². The molecule has 0 radical (unpaired) electrons. The number of urea groups is 2. The Morgan fingerprint density at radius 2 is 1.36 bits per heavy atom. The molecule has 22 heavy (non-hydrogen) atoms. The molecule has 0 aliphatic rings. The van der Waals surface area contributed by atoms with Gasteiger partial charge in [-0.15, -0.1) is 0 Å². The van der Waals surface area contributed by atoms with Gasteiger partial charge in [0.2, 0.25) is 0 Å². The molecular weight excluding hydrogens is 361 g/mol. The second-order valence-corrected chi connectivity index (χ2v) is 6.40. The molecule has 14 heteroatoms. The minimum absolute atomic E-state index is 0.0445. The number of halogens is 3. The molecule has 1 aromatic rings. The molecule has 0 saturated heterocycles. The zero-order chi connectivity index (χ0) is 17.1. The van der Waals surface area contributed by atoms with Crippen LogP contribution in [0.4, 0.5) is 21.5 Å². The van der Waals surface area contributed by atoms with Crippen molar-refractivity contribution in [3.05, 3.63) is 5.82 Å². The highest BCUT2D eigenvalue weighted by molar-refractivity contribution is 6.67. The Balaban J connectivity index is 3.20. The molecule has 0 bridgehead atoms. The predicted molar refractivity (Wildman–Crippen MR) is 80.9 cm³/mol. The summed E-state index contributed by atoms with van der Waals surface area (Å²) >= 11 is 16.9. The first-order valence-electron chi connectivity index (χ1n) is 5.51. The topological polar surface area (TPSA) is 183 Å². The molecule has 122 valence electrons. The average molecular weight is 373 g/mol. The Hall–Kier alpha value is -1.66. The molecule has 0 unspecified atom stereocenters. The van der Waals surface area contributed by atoms with Crippen LogP contribution >= 0.6 is 34.8 Å². The molecular formula is C8H12Cl3N9O2. The van der Waals surface area contributed by atoms with Gasteiger partial charge in [-0.1, -0.05) is 34.8 Å². The van der Waals surface area contributed by atoms with Gasteiger partial charge < -0.3 is 11.5 Å². The van der Waals surface area contributed by atoms with E-state index in [-0.39, 0.29) is 30.6 Å². The summed E-state index contributed by atoms with van der Waals surface area (Å²) in [6, 6.07) is -2.10. The molecule has 0 fully saturated rings. The zero-order valence-corrected chi connectivity index (χ0v) is 13.2. The van der Waals surface area contributed by atoms with Crippen LogP contribution in [-0.4, -0.2) is 30.8 Å². The lowest BCUT2D eigenvalue weighted by molar-refractivity contribution is 0.253. The zero-order valence-electron chi connectivity index (χ0n) is 10.9. The van der Waals surface area contributed by atoms with Crippen molar-refractivity contribution in [2.75, 3.05) is 10.0 Å². The van der Waals surface area contributed by atoms with Crippen LogP contribution in [0, 0.1) is 0 Å². The van der Waals surface area contributed by atoms with Gasteiger partial charge >= 0.3 is 12.1 Å². The standard InChI is InChI=1S/C8H12Cl3N9O2/c9-8(10,11)2-1-3-16-6(19(14)4(12)21)18-7(17-3)20(15)5(13)22/h1-2,14-15H2,(H2,12,21)(H2,13,22). The number of carbonyl (C=O) groups excluding carboxylic acids is 2. The van der Waals surface area contributed by atoms with Crippen molar-refractivity contribution in [2.24, 2.45) is 23.2 Å². The van der Waals surface area contributed by atoms with Gasteiger partial charge in [0.05, 0.1) is 0 Å². The molecule has 8 N–H and O–H groups in total. The van der Waals surface area contributed by atoms with Gasteiger partial charge in [-0.05, 0) is 0 Å². The van der Waals surface area contributed by atoms with E-state index in [1.807, 2.05) is 0 Å². The number of aryl methyl sites for hydroxylation is 1. The maximum absolute atomic E-state index is 11.1. The Bertz CT molecular complexity index is 540. The van der Waals surface area contributed by atoms with Gasteiger partial charge in [-0.2, -0.15) is 25.0 Å². The number of primary amides is 2. The summed E-state index contributed by atoms with van der Waals surface area (Å²) in [4.78, 5) is 33.6. The van der Waals surface area contributed by atoms with E-state index in [9.17, 15) is 9.59 Å². The van der Waals surface area contributed by atoms with Crippen molar-refractivity contribution in [1.82, 2.24) is 15.0 Å². The Morgan fingerprint density at radius 3 is 1.68 bits per heavy atom. The van der Waals surface area contributed by atoms with Gasteiger partial charge in [0.1, 0.15) is 5.82 Å². The number of rotatable bonds is 4. The molecule has 11 nitrogen and oxygen atoms in total. The van der Waals surface area contributed by atoms with Crippen molar-refractivity contribution < 1.29 is 9.59 Å². The van der Waals surface area contributed by atoms with Crippen molar-refractivity contribution >= 4 is 58.8 Å². The maximum atomic E-state index is 11.1. The third kappa shape index (κ3) is 5.27. The molecule has 4 amide bonds. The van der Waals surface area contributed by atoms with Crippen LogP contribution in [-0.2, 0) is 6.42 Å². The fraction of sp³-hybridized carbons (Fsp3) is 0.375. The molecule has 0 aliphatic carbocycles. The largest absolute Gasteiger partial charge is 0.350 e. The third-order valence-corrected chi connectivity index (χ3v) is 2.76. The average Bonchev–Trinajstić information content (AvgIpc) is 2.42. The molecule has 0 saturated carbocycles. The van der Waals surface area contributed by atoms with Crippen LogP contribution in [0.2, 0.25) is 0 Å². The second-order valence-electron chi connectivity index (χ2n) is 3.88. The number of nitrogens with zero attached hydrogens (tertiary/aromatic N) is 5. The Labute approximate surface area is 139 Å². The number of aromatic nitrogens is 3. The molecule has 1 rings (SSSR count). The van der Waals surface area contributed by atoms with E-state index in [2.05, 4.69) is 15.0 Å². The van der Waals surface area contributed by atoms with Gasteiger partial charge in [-0.25, -0.2) is 21.3 Å². The summed E-state index contributed by atoms with van der Waals surface area (Å²) in [7, 11) is 0. The summed E-state index contributed by atoms with van der Waals surface area (Å²) < 4.78 is -1.55. The lowest BCUT2D eigenvalue weighted by atomic mass is 10.3. The lowest BCUT2D eigenvalue weighted by Gasteiger charge is -2.17. The SMILES string of the molecule is NC(=O)N(N)c1nc(CCC(Cl)(Cl)Cl)nc(N(N)C(N)=O)n1. The van der Waals surface area contributed by atoms with Gasteiger partial charge in [0.25, 0.3) is 11.9 Å². The number of anilines is 2. The minimum Gasteiger partial charge on any atom is -0.350 e. The van der Waals surface area contributed by atoms with E-state index in [0.29, 0.717) is 10.0 Å². The first-order valence-corrected chi connectivity index (χ1v) is 6.65. The molecule has 0 aromatic carbocycles. The second kappa shape index (κ2) is 7.07. The first-order chi connectivity index (χ1) is 10.0. The first kappa shape index (κ1) is 18.4. The highest BCUT2D eigenvalue weighted by atomic mass is 35.6. The monoisotopic (exact) mass is 371 g/mol. The van der Waals surface area contributed by atoms with E-state index in [4.69, 9.17) is 58.0 Å². The lowest BCUT2D eigenvalue weighted by Crippen LogP contribution is -2.45. The summed E-state index contributed by atoms with van der Waals surface area (Å²) in [6.07, 6.45) is 0.112. The van der Waals surface area contributed by atoms with Crippen molar-refractivity contribution in [1.29, 1.82) is 0 Å². The van der Waals surface area contributed by atoms with Crippen molar-refractivity contribution in [2.45, 2.75) is 16.6 Å². The summed E-state index contributed by atoms with van der Waals surface area (Å²) in [5.41, 5.74) is 10.0. The van der Waals surface area contributed by atoms with Gasteiger partial charge in [-0.3, -0.25) is 0 Å². The van der Waals surface area contributed by atoms with Crippen LogP contribution < -0.4 is 33.2 Å². The van der Waals surface area contributed by atoms with E-state index < -0.39 is 15.9 Å². The number of hydrazine groups is 2.